The number of rotatable bonds is 15. The summed E-state index contributed by atoms with van der Waals surface area (Å²) in [6.07, 6.45) is 4.47. The van der Waals surface area contributed by atoms with Gasteiger partial charge in [0.1, 0.15) is 10.7 Å². The monoisotopic (exact) mass is 440 g/mol. The Balaban J connectivity index is 1.79. The third kappa shape index (κ3) is 7.67. The molecule has 0 radical (unpaired) electrons. The lowest BCUT2D eigenvalue weighted by Gasteiger charge is -2.08. The van der Waals surface area contributed by atoms with E-state index >= 15 is 0 Å². The van der Waals surface area contributed by atoms with Gasteiger partial charge >= 0.3 is 0 Å². The van der Waals surface area contributed by atoms with Gasteiger partial charge in [-0.15, -0.1) is 0 Å². The highest BCUT2D eigenvalue weighted by Crippen LogP contribution is 2.22. The largest absolute Gasteiger partial charge is 0.396 e. The van der Waals surface area contributed by atoms with Crippen LogP contribution >= 0.6 is 0 Å². The van der Waals surface area contributed by atoms with Crippen molar-refractivity contribution in [2.45, 2.75) is 56.9 Å². The van der Waals surface area contributed by atoms with Crippen LogP contribution in [0, 0.1) is 0 Å². The summed E-state index contributed by atoms with van der Waals surface area (Å²) in [4.78, 5) is 4.27. The van der Waals surface area contributed by atoms with Crippen LogP contribution in [-0.4, -0.2) is 50.0 Å². The Kier molecular flexibility index (Phi) is 10.2. The van der Waals surface area contributed by atoms with Crippen molar-refractivity contribution in [1.82, 2.24) is 14.9 Å². The number of aliphatic hydroxyl groups is 1. The average molecular weight is 441 g/mol. The number of hydrogen-bond donors (Lipinski definition) is 3. The molecule has 2 aromatic heterocycles. The van der Waals surface area contributed by atoms with Gasteiger partial charge in [0, 0.05) is 44.5 Å². The fourth-order valence-electron chi connectivity index (χ4n) is 2.87. The minimum absolute atomic E-state index is 0.0854. The maximum Gasteiger partial charge on any atom is 0.242 e. The Hall–Kier alpha value is -2.01. The summed E-state index contributed by atoms with van der Waals surface area (Å²) in [5, 5.41) is 15.9. The quantitative estimate of drug-likeness (QED) is 0.361. The van der Waals surface area contributed by atoms with Gasteiger partial charge < -0.3 is 19.7 Å². The molecule has 9 nitrogen and oxygen atoms in total. The molecule has 0 unspecified atom stereocenters. The number of anilines is 1. The molecule has 10 heteroatoms. The van der Waals surface area contributed by atoms with Crippen LogP contribution in [0.1, 0.15) is 56.9 Å². The molecule has 0 aromatic carbocycles. The van der Waals surface area contributed by atoms with Gasteiger partial charge in [-0.2, -0.15) is 0 Å². The number of nitrogens with zero attached hydrogens (tertiary/aromatic N) is 2. The number of aliphatic hydroxyl groups excluding tert-OH is 1. The Morgan fingerprint density at radius 3 is 2.63 bits per heavy atom. The van der Waals surface area contributed by atoms with Crippen molar-refractivity contribution in [2.75, 3.05) is 31.7 Å². The molecule has 0 aliphatic carbocycles. The zero-order valence-corrected chi connectivity index (χ0v) is 18.5. The maximum absolute atomic E-state index is 12.3. The molecule has 3 N–H and O–H groups in total. The van der Waals surface area contributed by atoms with Crippen LogP contribution in [0.2, 0.25) is 0 Å². The molecular formula is C20H32N4O5S. The molecule has 168 valence electrons. The number of ether oxygens (including phenoxy) is 1. The van der Waals surface area contributed by atoms with Gasteiger partial charge in [-0.3, -0.25) is 0 Å². The highest BCUT2D eigenvalue weighted by molar-refractivity contribution is 7.89. The minimum Gasteiger partial charge on any atom is -0.396 e. The number of aromatic nitrogens is 2. The third-order valence-corrected chi connectivity index (χ3v) is 6.12. The lowest BCUT2D eigenvalue weighted by molar-refractivity contribution is 0.115. The van der Waals surface area contributed by atoms with Crippen LogP contribution in [0.4, 0.5) is 5.82 Å². The maximum atomic E-state index is 12.3. The van der Waals surface area contributed by atoms with Crippen molar-refractivity contribution in [3.63, 3.8) is 0 Å². The van der Waals surface area contributed by atoms with Crippen molar-refractivity contribution in [3.8, 4) is 0 Å². The summed E-state index contributed by atoms with van der Waals surface area (Å²) in [5.41, 5.74) is 0.955. The Labute approximate surface area is 178 Å². The van der Waals surface area contributed by atoms with Gasteiger partial charge in [0.2, 0.25) is 10.0 Å². The van der Waals surface area contributed by atoms with Crippen molar-refractivity contribution in [3.05, 3.63) is 35.9 Å². The SMILES string of the molecule is CCC(CC)c1cc(CNc2ccc(S(=O)(=O)NCCCOCCCO)cn2)on1. The number of hydrogen-bond acceptors (Lipinski definition) is 8. The van der Waals surface area contributed by atoms with Crippen molar-refractivity contribution in [2.24, 2.45) is 0 Å². The molecule has 0 aliphatic rings. The zero-order valence-electron chi connectivity index (χ0n) is 17.6. The fourth-order valence-corrected chi connectivity index (χ4v) is 3.88. The molecule has 0 spiro atoms. The van der Waals surface area contributed by atoms with E-state index in [9.17, 15) is 8.42 Å². The summed E-state index contributed by atoms with van der Waals surface area (Å²) >= 11 is 0. The minimum atomic E-state index is -3.62. The molecule has 0 bridgehead atoms. The predicted molar refractivity (Wildman–Crippen MR) is 114 cm³/mol. The molecule has 0 atom stereocenters. The summed E-state index contributed by atoms with van der Waals surface area (Å²) in [7, 11) is -3.62. The summed E-state index contributed by atoms with van der Waals surface area (Å²) in [6.45, 7) is 5.93. The lowest BCUT2D eigenvalue weighted by atomic mass is 9.99. The first-order valence-electron chi connectivity index (χ1n) is 10.3. The van der Waals surface area contributed by atoms with E-state index < -0.39 is 10.0 Å². The van der Waals surface area contributed by atoms with Gasteiger partial charge in [0.05, 0.1) is 12.2 Å². The van der Waals surface area contributed by atoms with Crippen LogP contribution in [0.3, 0.4) is 0 Å². The summed E-state index contributed by atoms with van der Waals surface area (Å²) in [6, 6.07) is 5.07. The van der Waals surface area contributed by atoms with Gasteiger partial charge in [0.25, 0.3) is 0 Å². The molecule has 0 saturated heterocycles. The van der Waals surface area contributed by atoms with E-state index in [0.717, 1.165) is 18.5 Å². The van der Waals surface area contributed by atoms with Crippen LogP contribution in [0.15, 0.2) is 33.8 Å². The van der Waals surface area contributed by atoms with Crippen LogP contribution < -0.4 is 10.0 Å². The predicted octanol–water partition coefficient (Wildman–Crippen LogP) is 2.65. The third-order valence-electron chi connectivity index (χ3n) is 4.68. The van der Waals surface area contributed by atoms with E-state index in [2.05, 4.69) is 34.0 Å². The van der Waals surface area contributed by atoms with E-state index in [1.54, 1.807) is 6.07 Å². The van der Waals surface area contributed by atoms with Crippen LogP contribution in [-0.2, 0) is 21.3 Å². The Bertz CT molecular complexity index is 835. The van der Waals surface area contributed by atoms with E-state index in [-0.39, 0.29) is 18.0 Å². The molecule has 0 fully saturated rings. The first-order valence-corrected chi connectivity index (χ1v) is 11.8. The van der Waals surface area contributed by atoms with Crippen molar-refractivity contribution < 1.29 is 22.8 Å². The second kappa shape index (κ2) is 12.6. The summed E-state index contributed by atoms with van der Waals surface area (Å²) < 4.78 is 37.8. The van der Waals surface area contributed by atoms with Gasteiger partial charge in [-0.25, -0.2) is 18.1 Å². The highest BCUT2D eigenvalue weighted by atomic mass is 32.2. The standard InChI is InChI=1S/C20H32N4O5S/c1-3-16(4-2)19-13-17(29-24-19)14-21-20-8-7-18(15-22-20)30(26,27)23-9-5-11-28-12-6-10-25/h7-8,13,15-16,23,25H,3-6,9-12,14H2,1-2H3,(H,21,22). The average Bonchev–Trinajstić information content (AvgIpc) is 3.21. The number of nitrogens with one attached hydrogen (secondary N) is 2. The van der Waals surface area contributed by atoms with Gasteiger partial charge in [0.15, 0.2) is 5.76 Å². The van der Waals surface area contributed by atoms with Crippen LogP contribution in [0.25, 0.3) is 0 Å². The van der Waals surface area contributed by atoms with E-state index in [1.165, 1.54) is 12.3 Å². The van der Waals surface area contributed by atoms with Crippen molar-refractivity contribution >= 4 is 15.8 Å². The molecule has 0 aliphatic heterocycles. The van der Waals surface area contributed by atoms with Crippen LogP contribution in [0.5, 0.6) is 0 Å². The first kappa shape index (κ1) is 24.3. The Morgan fingerprint density at radius 2 is 1.97 bits per heavy atom. The summed E-state index contributed by atoms with van der Waals surface area (Å²) in [5.74, 6) is 1.65. The van der Waals surface area contributed by atoms with Crippen molar-refractivity contribution in [1.29, 1.82) is 0 Å². The molecule has 2 rings (SSSR count). The number of sulfonamides is 1. The molecule has 30 heavy (non-hydrogen) atoms. The topological polar surface area (TPSA) is 127 Å². The van der Waals surface area contributed by atoms with E-state index in [1.807, 2.05) is 6.07 Å². The van der Waals surface area contributed by atoms with E-state index in [4.69, 9.17) is 14.4 Å². The molecule has 0 saturated carbocycles. The fraction of sp³-hybridized carbons (Fsp3) is 0.600. The second-order valence-corrected chi connectivity index (χ2v) is 8.67. The normalized spacial score (nSPS) is 11.9. The Morgan fingerprint density at radius 1 is 1.20 bits per heavy atom. The highest BCUT2D eigenvalue weighted by Gasteiger charge is 2.15. The van der Waals surface area contributed by atoms with E-state index in [0.29, 0.717) is 50.1 Å². The first-order chi connectivity index (χ1) is 14.5. The lowest BCUT2D eigenvalue weighted by Crippen LogP contribution is -2.25. The zero-order chi connectivity index (χ0) is 21.8. The van der Waals surface area contributed by atoms with Gasteiger partial charge in [-0.05, 0) is 37.8 Å². The molecule has 0 amide bonds. The molecule has 2 heterocycles. The second-order valence-electron chi connectivity index (χ2n) is 6.91. The molecular weight excluding hydrogens is 408 g/mol. The number of pyridine rings is 1. The molecule has 2 aromatic rings. The van der Waals surface area contributed by atoms with Gasteiger partial charge in [-0.1, -0.05) is 19.0 Å². The smallest absolute Gasteiger partial charge is 0.242 e.